The van der Waals surface area contributed by atoms with Crippen molar-refractivity contribution in [3.63, 3.8) is 0 Å². The molecule has 1 aliphatic heterocycles. The second kappa shape index (κ2) is 5.66. The highest BCUT2D eigenvalue weighted by molar-refractivity contribution is 6.30. The van der Waals surface area contributed by atoms with Gasteiger partial charge in [0.1, 0.15) is 11.4 Å². The van der Waals surface area contributed by atoms with Crippen molar-refractivity contribution >= 4 is 29.2 Å². The number of carbonyl (C=O) groups is 1. The van der Waals surface area contributed by atoms with E-state index < -0.39 is 5.97 Å². The standard InChI is InChI=1S/C17H10ClFO3/c18-12-5-3-11(4-6-12)15-16(20)14(22-17(15)21)9-10-1-7-13(19)8-2-10/h1-9,20H/b14-9-. The molecular formula is C17H10ClFO3. The van der Waals surface area contributed by atoms with Crippen molar-refractivity contribution in [2.45, 2.75) is 0 Å². The lowest BCUT2D eigenvalue weighted by Crippen LogP contribution is -1.98. The van der Waals surface area contributed by atoms with Gasteiger partial charge in [-0.1, -0.05) is 35.9 Å². The minimum absolute atomic E-state index is 0.0292. The molecule has 0 spiro atoms. The van der Waals surface area contributed by atoms with Crippen molar-refractivity contribution in [2.75, 3.05) is 0 Å². The number of hydrogen-bond donors (Lipinski definition) is 1. The summed E-state index contributed by atoms with van der Waals surface area (Å²) >= 11 is 5.80. The summed E-state index contributed by atoms with van der Waals surface area (Å²) < 4.78 is 18.0. The molecule has 5 heteroatoms. The molecule has 1 heterocycles. The van der Waals surface area contributed by atoms with Gasteiger partial charge in [-0.3, -0.25) is 0 Å². The van der Waals surface area contributed by atoms with E-state index in [-0.39, 0.29) is 22.9 Å². The van der Waals surface area contributed by atoms with Crippen LogP contribution in [0.4, 0.5) is 4.39 Å². The van der Waals surface area contributed by atoms with E-state index in [0.717, 1.165) is 0 Å². The summed E-state index contributed by atoms with van der Waals surface area (Å²) in [4.78, 5) is 12.0. The Morgan fingerprint density at radius 2 is 1.68 bits per heavy atom. The molecule has 22 heavy (non-hydrogen) atoms. The quantitative estimate of drug-likeness (QED) is 0.838. The highest BCUT2D eigenvalue weighted by Crippen LogP contribution is 2.33. The summed E-state index contributed by atoms with van der Waals surface area (Å²) in [6.07, 6.45) is 1.47. The van der Waals surface area contributed by atoms with E-state index in [1.807, 2.05) is 0 Å². The van der Waals surface area contributed by atoms with Crippen LogP contribution in [0.5, 0.6) is 0 Å². The van der Waals surface area contributed by atoms with Crippen molar-refractivity contribution in [3.8, 4) is 0 Å². The maximum atomic E-state index is 12.9. The monoisotopic (exact) mass is 316 g/mol. The Labute approximate surface area is 130 Å². The highest BCUT2D eigenvalue weighted by atomic mass is 35.5. The third-order valence-corrected chi connectivity index (χ3v) is 3.43. The molecule has 0 amide bonds. The van der Waals surface area contributed by atoms with Gasteiger partial charge in [-0.15, -0.1) is 0 Å². The van der Waals surface area contributed by atoms with Gasteiger partial charge in [0.05, 0.1) is 0 Å². The van der Waals surface area contributed by atoms with Gasteiger partial charge in [-0.05, 0) is 41.5 Å². The van der Waals surface area contributed by atoms with Crippen LogP contribution in [0, 0.1) is 5.82 Å². The van der Waals surface area contributed by atoms with Crippen molar-refractivity contribution in [2.24, 2.45) is 0 Å². The Morgan fingerprint density at radius 1 is 1.05 bits per heavy atom. The van der Waals surface area contributed by atoms with E-state index in [0.29, 0.717) is 16.1 Å². The van der Waals surface area contributed by atoms with E-state index in [4.69, 9.17) is 16.3 Å². The zero-order chi connectivity index (χ0) is 15.7. The summed E-state index contributed by atoms with van der Waals surface area (Å²) in [6.45, 7) is 0. The largest absolute Gasteiger partial charge is 0.504 e. The average Bonchev–Trinajstić information content (AvgIpc) is 2.77. The van der Waals surface area contributed by atoms with Crippen molar-refractivity contribution < 1.29 is 19.0 Å². The molecule has 0 aliphatic carbocycles. The van der Waals surface area contributed by atoms with Crippen LogP contribution in [0.25, 0.3) is 11.6 Å². The van der Waals surface area contributed by atoms with Gasteiger partial charge in [0.2, 0.25) is 0 Å². The number of aliphatic hydroxyl groups excluding tert-OH is 1. The molecule has 0 atom stereocenters. The summed E-state index contributed by atoms with van der Waals surface area (Å²) in [5.74, 6) is -1.24. The molecule has 1 aliphatic rings. The lowest BCUT2D eigenvalue weighted by molar-refractivity contribution is -0.131. The molecule has 0 saturated carbocycles. The molecule has 0 fully saturated rings. The number of cyclic esters (lactones) is 1. The molecule has 2 aromatic rings. The van der Waals surface area contributed by atoms with Crippen LogP contribution in [0.15, 0.2) is 60.0 Å². The van der Waals surface area contributed by atoms with Crippen molar-refractivity contribution in [1.82, 2.24) is 0 Å². The van der Waals surface area contributed by atoms with Gasteiger partial charge in [-0.2, -0.15) is 0 Å². The number of aliphatic hydroxyl groups is 1. The number of ether oxygens (including phenoxy) is 1. The molecule has 0 unspecified atom stereocenters. The molecule has 110 valence electrons. The normalized spacial score (nSPS) is 16.3. The first-order chi connectivity index (χ1) is 10.5. The zero-order valence-electron chi connectivity index (χ0n) is 11.2. The number of hydrogen-bond acceptors (Lipinski definition) is 3. The van der Waals surface area contributed by atoms with Crippen LogP contribution in [0.2, 0.25) is 5.02 Å². The van der Waals surface area contributed by atoms with E-state index >= 15 is 0 Å². The van der Waals surface area contributed by atoms with Crippen LogP contribution < -0.4 is 0 Å². The van der Waals surface area contributed by atoms with Crippen LogP contribution in [-0.2, 0) is 9.53 Å². The second-order valence-electron chi connectivity index (χ2n) is 4.68. The predicted octanol–water partition coefficient (Wildman–Crippen LogP) is 4.35. The van der Waals surface area contributed by atoms with Gasteiger partial charge in [0.15, 0.2) is 11.5 Å². The Hall–Kier alpha value is -2.59. The number of rotatable bonds is 2. The first kappa shape index (κ1) is 14.4. The fraction of sp³-hybridized carbons (Fsp3) is 0. The number of esters is 1. The maximum Gasteiger partial charge on any atom is 0.348 e. The summed E-state index contributed by atoms with van der Waals surface area (Å²) in [5.41, 5.74) is 1.19. The molecule has 1 N–H and O–H groups in total. The molecule has 3 rings (SSSR count). The first-order valence-electron chi connectivity index (χ1n) is 6.43. The number of benzene rings is 2. The Bertz CT molecular complexity index is 790. The van der Waals surface area contributed by atoms with Crippen molar-refractivity contribution in [1.29, 1.82) is 0 Å². The SMILES string of the molecule is O=C1O/C(=C\c2ccc(F)cc2)C(O)=C1c1ccc(Cl)cc1. The topological polar surface area (TPSA) is 46.5 Å². The Morgan fingerprint density at radius 3 is 2.32 bits per heavy atom. The fourth-order valence-electron chi connectivity index (χ4n) is 2.10. The van der Waals surface area contributed by atoms with Crippen LogP contribution in [0.1, 0.15) is 11.1 Å². The highest BCUT2D eigenvalue weighted by Gasteiger charge is 2.30. The summed E-state index contributed by atoms with van der Waals surface area (Å²) in [6, 6.07) is 12.1. The second-order valence-corrected chi connectivity index (χ2v) is 5.12. The summed E-state index contributed by atoms with van der Waals surface area (Å²) in [7, 11) is 0. The minimum atomic E-state index is -0.645. The fourth-order valence-corrected chi connectivity index (χ4v) is 2.22. The molecule has 2 aromatic carbocycles. The van der Waals surface area contributed by atoms with Gasteiger partial charge < -0.3 is 9.84 Å². The third kappa shape index (κ3) is 2.73. The molecule has 0 bridgehead atoms. The molecule has 0 aromatic heterocycles. The molecule has 0 saturated heterocycles. The van der Waals surface area contributed by atoms with Crippen LogP contribution in [-0.4, -0.2) is 11.1 Å². The lowest BCUT2D eigenvalue weighted by atomic mass is 10.1. The van der Waals surface area contributed by atoms with E-state index in [1.165, 1.54) is 30.3 Å². The smallest absolute Gasteiger partial charge is 0.348 e. The van der Waals surface area contributed by atoms with Gasteiger partial charge >= 0.3 is 5.97 Å². The summed E-state index contributed by atoms with van der Waals surface area (Å²) in [5, 5.41) is 10.7. The third-order valence-electron chi connectivity index (χ3n) is 3.18. The zero-order valence-corrected chi connectivity index (χ0v) is 12.0. The van der Waals surface area contributed by atoms with E-state index in [1.54, 1.807) is 24.3 Å². The lowest BCUT2D eigenvalue weighted by Gasteiger charge is -1.99. The molecular weight excluding hydrogens is 307 g/mol. The Kier molecular flexibility index (Phi) is 3.69. The van der Waals surface area contributed by atoms with Crippen LogP contribution in [0.3, 0.4) is 0 Å². The van der Waals surface area contributed by atoms with Crippen molar-refractivity contribution in [3.05, 3.63) is 82.0 Å². The van der Waals surface area contributed by atoms with E-state index in [2.05, 4.69) is 0 Å². The molecule has 0 radical (unpaired) electrons. The predicted molar refractivity (Wildman–Crippen MR) is 81.5 cm³/mol. The average molecular weight is 317 g/mol. The van der Waals surface area contributed by atoms with Gasteiger partial charge in [0, 0.05) is 5.02 Å². The van der Waals surface area contributed by atoms with E-state index in [9.17, 15) is 14.3 Å². The number of halogens is 2. The minimum Gasteiger partial charge on any atom is -0.504 e. The maximum absolute atomic E-state index is 12.9. The van der Waals surface area contributed by atoms with Gasteiger partial charge in [-0.25, -0.2) is 9.18 Å². The number of carbonyl (C=O) groups excluding carboxylic acids is 1. The Balaban J connectivity index is 2.00. The van der Waals surface area contributed by atoms with Crippen LogP contribution >= 0.6 is 11.6 Å². The first-order valence-corrected chi connectivity index (χ1v) is 6.81. The van der Waals surface area contributed by atoms with Gasteiger partial charge in [0.25, 0.3) is 0 Å². The molecule has 3 nitrogen and oxygen atoms in total.